The second kappa shape index (κ2) is 6.69. The highest BCUT2D eigenvalue weighted by molar-refractivity contribution is 8.01. The summed E-state index contributed by atoms with van der Waals surface area (Å²) in [5.74, 6) is 1.40. The molecule has 0 aliphatic heterocycles. The standard InChI is InChI=1S/C14H21NO2S/c1-14(2,3)18-10-13(16)15-9-11-5-7-12(17-4)8-6-11/h5-8H,9-10H2,1-4H3,(H,15,16). The molecule has 0 unspecified atom stereocenters. The molecule has 0 spiro atoms. The van der Waals surface area contributed by atoms with Gasteiger partial charge in [-0.1, -0.05) is 32.9 Å². The average Bonchev–Trinajstić information content (AvgIpc) is 2.33. The van der Waals surface area contributed by atoms with Gasteiger partial charge in [0.05, 0.1) is 12.9 Å². The second-order valence-corrected chi connectivity index (χ2v) is 6.83. The maximum absolute atomic E-state index is 11.6. The molecule has 0 saturated heterocycles. The first-order chi connectivity index (χ1) is 8.40. The second-order valence-electron chi connectivity index (χ2n) is 5.03. The number of hydrogen-bond donors (Lipinski definition) is 1. The predicted octanol–water partition coefficient (Wildman–Crippen LogP) is 2.84. The van der Waals surface area contributed by atoms with Crippen LogP contribution in [0.15, 0.2) is 24.3 Å². The van der Waals surface area contributed by atoms with Crippen LogP contribution in [0.2, 0.25) is 0 Å². The Morgan fingerprint density at radius 3 is 2.39 bits per heavy atom. The third-order valence-corrected chi connectivity index (χ3v) is 3.56. The summed E-state index contributed by atoms with van der Waals surface area (Å²) < 4.78 is 5.20. The molecule has 0 aliphatic carbocycles. The largest absolute Gasteiger partial charge is 0.497 e. The van der Waals surface area contributed by atoms with Gasteiger partial charge < -0.3 is 10.1 Å². The molecule has 1 aromatic carbocycles. The Morgan fingerprint density at radius 1 is 1.28 bits per heavy atom. The molecule has 0 saturated carbocycles. The van der Waals surface area contributed by atoms with Gasteiger partial charge in [0.15, 0.2) is 0 Å². The summed E-state index contributed by atoms with van der Waals surface area (Å²) in [6.45, 7) is 6.88. The summed E-state index contributed by atoms with van der Waals surface area (Å²) in [6, 6.07) is 7.70. The molecule has 18 heavy (non-hydrogen) atoms. The number of nitrogens with one attached hydrogen (secondary N) is 1. The fourth-order valence-corrected chi connectivity index (χ4v) is 1.94. The Morgan fingerprint density at radius 2 is 1.89 bits per heavy atom. The van der Waals surface area contributed by atoms with E-state index in [0.29, 0.717) is 12.3 Å². The highest BCUT2D eigenvalue weighted by Gasteiger charge is 2.12. The zero-order chi connectivity index (χ0) is 13.6. The monoisotopic (exact) mass is 267 g/mol. The van der Waals surface area contributed by atoms with Crippen LogP contribution < -0.4 is 10.1 Å². The normalized spacial score (nSPS) is 11.1. The first-order valence-corrected chi connectivity index (χ1v) is 6.93. The van der Waals surface area contributed by atoms with E-state index in [1.807, 2.05) is 24.3 Å². The van der Waals surface area contributed by atoms with Gasteiger partial charge in [-0.05, 0) is 17.7 Å². The fourth-order valence-electron chi connectivity index (χ4n) is 1.28. The third kappa shape index (κ3) is 5.96. The zero-order valence-electron chi connectivity index (χ0n) is 11.4. The molecular formula is C14H21NO2S. The quantitative estimate of drug-likeness (QED) is 0.891. The minimum atomic E-state index is 0.0748. The van der Waals surface area contributed by atoms with Crippen molar-refractivity contribution in [1.82, 2.24) is 5.32 Å². The number of thioether (sulfide) groups is 1. The highest BCUT2D eigenvalue weighted by Crippen LogP contribution is 2.22. The van der Waals surface area contributed by atoms with Crippen molar-refractivity contribution in [2.24, 2.45) is 0 Å². The van der Waals surface area contributed by atoms with E-state index in [-0.39, 0.29) is 10.7 Å². The summed E-state index contributed by atoms with van der Waals surface area (Å²) in [5, 5.41) is 2.91. The van der Waals surface area contributed by atoms with Gasteiger partial charge in [-0.15, -0.1) is 11.8 Å². The lowest BCUT2D eigenvalue weighted by Crippen LogP contribution is -2.26. The molecule has 0 aromatic heterocycles. The van der Waals surface area contributed by atoms with Gasteiger partial charge in [0.1, 0.15) is 5.75 Å². The molecule has 0 atom stereocenters. The number of benzene rings is 1. The summed E-state index contributed by atoms with van der Waals surface area (Å²) in [6.07, 6.45) is 0. The molecule has 0 heterocycles. The maximum atomic E-state index is 11.6. The third-order valence-electron chi connectivity index (χ3n) is 2.29. The average molecular weight is 267 g/mol. The van der Waals surface area contributed by atoms with Crippen LogP contribution in [0.5, 0.6) is 5.75 Å². The van der Waals surface area contributed by atoms with E-state index < -0.39 is 0 Å². The molecule has 4 heteroatoms. The van der Waals surface area contributed by atoms with Gasteiger partial charge in [-0.2, -0.15) is 0 Å². The van der Waals surface area contributed by atoms with Crippen LogP contribution in [0.1, 0.15) is 26.3 Å². The van der Waals surface area contributed by atoms with Crippen molar-refractivity contribution in [1.29, 1.82) is 0 Å². The lowest BCUT2D eigenvalue weighted by molar-refractivity contribution is -0.118. The predicted molar refractivity (Wildman–Crippen MR) is 77.1 cm³/mol. The van der Waals surface area contributed by atoms with Crippen LogP contribution in [-0.2, 0) is 11.3 Å². The van der Waals surface area contributed by atoms with Gasteiger partial charge in [0, 0.05) is 11.3 Å². The Bertz CT molecular complexity index is 382. The van der Waals surface area contributed by atoms with E-state index >= 15 is 0 Å². The molecule has 1 amide bonds. The first-order valence-electron chi connectivity index (χ1n) is 5.94. The van der Waals surface area contributed by atoms with E-state index in [2.05, 4.69) is 26.1 Å². The zero-order valence-corrected chi connectivity index (χ0v) is 12.3. The van der Waals surface area contributed by atoms with Crippen LogP contribution in [0.4, 0.5) is 0 Å². The minimum absolute atomic E-state index is 0.0748. The smallest absolute Gasteiger partial charge is 0.230 e. The molecule has 1 aromatic rings. The molecule has 0 aliphatic rings. The van der Waals surface area contributed by atoms with E-state index in [9.17, 15) is 4.79 Å². The fraction of sp³-hybridized carbons (Fsp3) is 0.500. The van der Waals surface area contributed by atoms with Crippen LogP contribution >= 0.6 is 11.8 Å². The Kier molecular flexibility index (Phi) is 5.54. The van der Waals surface area contributed by atoms with Crippen molar-refractivity contribution >= 4 is 17.7 Å². The van der Waals surface area contributed by atoms with Crippen LogP contribution in [0.25, 0.3) is 0 Å². The van der Waals surface area contributed by atoms with Crippen LogP contribution in [0.3, 0.4) is 0 Å². The Hall–Kier alpha value is -1.16. The summed E-state index contributed by atoms with van der Waals surface area (Å²) in [7, 11) is 1.64. The van der Waals surface area contributed by atoms with Gasteiger partial charge in [0.2, 0.25) is 5.91 Å². The summed E-state index contributed by atoms with van der Waals surface area (Å²) >= 11 is 1.65. The van der Waals surface area contributed by atoms with Crippen LogP contribution in [0, 0.1) is 0 Å². The van der Waals surface area contributed by atoms with Crippen molar-refractivity contribution in [2.75, 3.05) is 12.9 Å². The maximum Gasteiger partial charge on any atom is 0.230 e. The molecule has 3 nitrogen and oxygen atoms in total. The van der Waals surface area contributed by atoms with E-state index in [1.165, 1.54) is 0 Å². The number of amides is 1. The van der Waals surface area contributed by atoms with Gasteiger partial charge in [-0.25, -0.2) is 0 Å². The molecule has 100 valence electrons. The Labute approximate surface area is 113 Å². The number of hydrogen-bond acceptors (Lipinski definition) is 3. The van der Waals surface area contributed by atoms with Crippen molar-refractivity contribution in [3.63, 3.8) is 0 Å². The summed E-state index contributed by atoms with van der Waals surface area (Å²) in [4.78, 5) is 11.6. The van der Waals surface area contributed by atoms with Crippen molar-refractivity contribution in [3.05, 3.63) is 29.8 Å². The minimum Gasteiger partial charge on any atom is -0.497 e. The molecular weight excluding hydrogens is 246 g/mol. The lowest BCUT2D eigenvalue weighted by Gasteiger charge is -2.17. The molecule has 1 N–H and O–H groups in total. The highest BCUT2D eigenvalue weighted by atomic mass is 32.2. The van der Waals surface area contributed by atoms with E-state index in [4.69, 9.17) is 4.74 Å². The van der Waals surface area contributed by atoms with E-state index in [0.717, 1.165) is 11.3 Å². The van der Waals surface area contributed by atoms with Gasteiger partial charge in [-0.3, -0.25) is 4.79 Å². The number of ether oxygens (including phenoxy) is 1. The Balaban J connectivity index is 2.33. The SMILES string of the molecule is COc1ccc(CNC(=O)CSC(C)(C)C)cc1. The molecule has 0 radical (unpaired) electrons. The molecule has 0 fully saturated rings. The topological polar surface area (TPSA) is 38.3 Å². The molecule has 0 bridgehead atoms. The number of rotatable bonds is 5. The van der Waals surface area contributed by atoms with Crippen molar-refractivity contribution in [3.8, 4) is 5.75 Å². The number of carbonyl (C=O) groups excluding carboxylic acids is 1. The van der Waals surface area contributed by atoms with Crippen LogP contribution in [-0.4, -0.2) is 23.5 Å². The summed E-state index contributed by atoms with van der Waals surface area (Å²) in [5.41, 5.74) is 1.07. The van der Waals surface area contributed by atoms with Crippen molar-refractivity contribution < 1.29 is 9.53 Å². The van der Waals surface area contributed by atoms with Gasteiger partial charge >= 0.3 is 0 Å². The first kappa shape index (κ1) is 14.9. The number of methoxy groups -OCH3 is 1. The van der Waals surface area contributed by atoms with E-state index in [1.54, 1.807) is 18.9 Å². The number of carbonyl (C=O) groups is 1. The van der Waals surface area contributed by atoms with Crippen molar-refractivity contribution in [2.45, 2.75) is 32.1 Å². The van der Waals surface area contributed by atoms with Gasteiger partial charge in [0.25, 0.3) is 0 Å². The lowest BCUT2D eigenvalue weighted by atomic mass is 10.2. The molecule has 1 rings (SSSR count).